The van der Waals surface area contributed by atoms with Gasteiger partial charge in [-0.3, -0.25) is 4.99 Å². The SMILES string of the molecule is COc1cccc(NC(N)=NCCc2c(C)[nH]c3ccccc23)c1.I. The quantitative estimate of drug-likeness (QED) is 0.312. The van der Waals surface area contributed by atoms with E-state index in [0.29, 0.717) is 12.5 Å². The summed E-state index contributed by atoms with van der Waals surface area (Å²) in [5.41, 5.74) is 10.5. The number of nitrogens with zero attached hydrogens (tertiary/aromatic N) is 1. The van der Waals surface area contributed by atoms with Crippen molar-refractivity contribution in [3.8, 4) is 5.75 Å². The molecule has 0 bridgehead atoms. The lowest BCUT2D eigenvalue weighted by Crippen LogP contribution is -2.23. The van der Waals surface area contributed by atoms with Gasteiger partial charge in [0.25, 0.3) is 0 Å². The Morgan fingerprint density at radius 3 is 2.80 bits per heavy atom. The van der Waals surface area contributed by atoms with Crippen molar-refractivity contribution in [3.63, 3.8) is 0 Å². The summed E-state index contributed by atoms with van der Waals surface area (Å²) in [5, 5.41) is 4.34. The predicted octanol–water partition coefficient (Wildman–Crippen LogP) is 4.07. The van der Waals surface area contributed by atoms with Gasteiger partial charge in [-0.05, 0) is 37.1 Å². The Balaban J connectivity index is 0.00000225. The molecule has 0 aliphatic heterocycles. The van der Waals surface area contributed by atoms with Gasteiger partial charge in [0.05, 0.1) is 7.11 Å². The molecule has 0 aliphatic carbocycles. The summed E-state index contributed by atoms with van der Waals surface area (Å²) in [6, 6.07) is 15.9. The van der Waals surface area contributed by atoms with Crippen LogP contribution in [0.2, 0.25) is 0 Å². The number of aliphatic imine (C=N–C) groups is 1. The summed E-state index contributed by atoms with van der Waals surface area (Å²) in [6.07, 6.45) is 0.844. The summed E-state index contributed by atoms with van der Waals surface area (Å²) in [4.78, 5) is 7.83. The Labute approximate surface area is 164 Å². The monoisotopic (exact) mass is 450 g/mol. The van der Waals surface area contributed by atoms with Crippen LogP contribution in [0.25, 0.3) is 10.9 Å². The van der Waals surface area contributed by atoms with Gasteiger partial charge >= 0.3 is 0 Å². The van der Waals surface area contributed by atoms with E-state index in [9.17, 15) is 0 Å². The summed E-state index contributed by atoms with van der Waals surface area (Å²) in [5.74, 6) is 1.18. The molecule has 3 rings (SSSR count). The van der Waals surface area contributed by atoms with Crippen LogP contribution in [0.1, 0.15) is 11.3 Å². The Morgan fingerprint density at radius 1 is 1.20 bits per heavy atom. The van der Waals surface area contributed by atoms with Crippen LogP contribution in [0, 0.1) is 6.92 Å². The number of para-hydroxylation sites is 1. The minimum Gasteiger partial charge on any atom is -0.497 e. The molecule has 0 unspecified atom stereocenters. The molecule has 0 radical (unpaired) electrons. The molecule has 25 heavy (non-hydrogen) atoms. The highest BCUT2D eigenvalue weighted by molar-refractivity contribution is 14.0. The highest BCUT2D eigenvalue weighted by Crippen LogP contribution is 2.22. The third-order valence-corrected chi connectivity index (χ3v) is 4.01. The summed E-state index contributed by atoms with van der Waals surface area (Å²) < 4.78 is 5.20. The minimum absolute atomic E-state index is 0. The van der Waals surface area contributed by atoms with Crippen LogP contribution in [0.4, 0.5) is 5.69 Å². The number of nitrogens with one attached hydrogen (secondary N) is 2. The number of methoxy groups -OCH3 is 1. The zero-order valence-corrected chi connectivity index (χ0v) is 16.7. The Kier molecular flexibility index (Phi) is 6.69. The van der Waals surface area contributed by atoms with Crippen molar-refractivity contribution >= 4 is 46.5 Å². The van der Waals surface area contributed by atoms with Crippen LogP contribution in [0.3, 0.4) is 0 Å². The first-order chi connectivity index (χ1) is 11.7. The highest BCUT2D eigenvalue weighted by Gasteiger charge is 2.07. The van der Waals surface area contributed by atoms with Crippen molar-refractivity contribution < 1.29 is 4.74 Å². The van der Waals surface area contributed by atoms with Gasteiger partial charge < -0.3 is 20.8 Å². The van der Waals surface area contributed by atoms with Gasteiger partial charge in [-0.25, -0.2) is 0 Å². The molecule has 5 nitrogen and oxygen atoms in total. The van der Waals surface area contributed by atoms with Crippen LogP contribution in [0.15, 0.2) is 53.5 Å². The van der Waals surface area contributed by atoms with Crippen LogP contribution >= 0.6 is 24.0 Å². The number of aromatic nitrogens is 1. The molecule has 1 aromatic heterocycles. The van der Waals surface area contributed by atoms with Gasteiger partial charge in [-0.1, -0.05) is 24.3 Å². The molecule has 1 heterocycles. The molecule has 2 aromatic carbocycles. The van der Waals surface area contributed by atoms with Gasteiger partial charge in [-0.2, -0.15) is 0 Å². The number of fused-ring (bicyclic) bond motifs is 1. The Hall–Kier alpha value is -2.22. The summed E-state index contributed by atoms with van der Waals surface area (Å²) >= 11 is 0. The number of aryl methyl sites for hydroxylation is 1. The maximum atomic E-state index is 5.98. The molecule has 6 heteroatoms. The van der Waals surface area contributed by atoms with E-state index in [0.717, 1.165) is 23.4 Å². The summed E-state index contributed by atoms with van der Waals surface area (Å²) in [6.45, 7) is 2.72. The van der Waals surface area contributed by atoms with Gasteiger partial charge in [0.1, 0.15) is 5.75 Å². The number of halogens is 1. The van der Waals surface area contributed by atoms with Gasteiger partial charge in [0.2, 0.25) is 0 Å². The van der Waals surface area contributed by atoms with Crippen LogP contribution in [-0.2, 0) is 6.42 Å². The third kappa shape index (κ3) is 4.66. The van der Waals surface area contributed by atoms with Crippen LogP contribution in [-0.4, -0.2) is 24.6 Å². The topological polar surface area (TPSA) is 75.4 Å². The Bertz CT molecular complexity index is 873. The fourth-order valence-electron chi connectivity index (χ4n) is 2.83. The van der Waals surface area contributed by atoms with E-state index in [-0.39, 0.29) is 24.0 Å². The second kappa shape index (κ2) is 8.75. The average Bonchev–Trinajstić information content (AvgIpc) is 2.91. The lowest BCUT2D eigenvalue weighted by atomic mass is 10.1. The molecular formula is C19H23IN4O. The zero-order chi connectivity index (χ0) is 16.9. The number of hydrogen-bond donors (Lipinski definition) is 3. The van der Waals surface area contributed by atoms with Crippen LogP contribution < -0.4 is 15.8 Å². The number of benzene rings is 2. The fraction of sp³-hybridized carbons (Fsp3) is 0.211. The zero-order valence-electron chi connectivity index (χ0n) is 14.4. The molecule has 3 aromatic rings. The van der Waals surface area contributed by atoms with Gasteiger partial charge in [-0.15, -0.1) is 24.0 Å². The number of ether oxygens (including phenoxy) is 1. The van der Waals surface area contributed by atoms with Crippen molar-refractivity contribution in [2.24, 2.45) is 10.7 Å². The fourth-order valence-corrected chi connectivity index (χ4v) is 2.83. The molecule has 0 fully saturated rings. The molecule has 132 valence electrons. The first-order valence-electron chi connectivity index (χ1n) is 7.94. The first-order valence-corrected chi connectivity index (χ1v) is 7.94. The maximum absolute atomic E-state index is 5.98. The van der Waals surface area contributed by atoms with E-state index in [4.69, 9.17) is 10.5 Å². The molecular weight excluding hydrogens is 427 g/mol. The Morgan fingerprint density at radius 2 is 2.00 bits per heavy atom. The number of aromatic amines is 1. The maximum Gasteiger partial charge on any atom is 0.193 e. The van der Waals surface area contributed by atoms with Gasteiger partial charge in [0, 0.05) is 34.9 Å². The molecule has 0 amide bonds. The number of rotatable bonds is 5. The molecule has 0 spiro atoms. The summed E-state index contributed by atoms with van der Waals surface area (Å²) in [7, 11) is 1.64. The molecule has 0 atom stereocenters. The number of anilines is 1. The number of guanidine groups is 1. The van der Waals surface area contributed by atoms with E-state index in [1.54, 1.807) is 7.11 Å². The smallest absolute Gasteiger partial charge is 0.193 e. The highest BCUT2D eigenvalue weighted by atomic mass is 127. The second-order valence-electron chi connectivity index (χ2n) is 5.65. The normalized spacial score (nSPS) is 11.2. The number of nitrogens with two attached hydrogens (primary N) is 1. The minimum atomic E-state index is 0. The van der Waals surface area contributed by atoms with E-state index in [2.05, 4.69) is 40.4 Å². The van der Waals surface area contributed by atoms with Crippen molar-refractivity contribution in [1.29, 1.82) is 0 Å². The van der Waals surface area contributed by atoms with E-state index >= 15 is 0 Å². The number of hydrogen-bond acceptors (Lipinski definition) is 2. The number of H-pyrrole nitrogens is 1. The van der Waals surface area contributed by atoms with Crippen molar-refractivity contribution in [2.45, 2.75) is 13.3 Å². The van der Waals surface area contributed by atoms with Crippen molar-refractivity contribution in [1.82, 2.24) is 4.98 Å². The third-order valence-electron chi connectivity index (χ3n) is 4.01. The van der Waals surface area contributed by atoms with Crippen molar-refractivity contribution in [2.75, 3.05) is 19.0 Å². The van der Waals surface area contributed by atoms with Crippen LogP contribution in [0.5, 0.6) is 5.75 Å². The molecule has 0 aliphatic rings. The molecule has 0 saturated carbocycles. The second-order valence-corrected chi connectivity index (χ2v) is 5.65. The lowest BCUT2D eigenvalue weighted by molar-refractivity contribution is 0.415. The molecule has 0 saturated heterocycles. The van der Waals surface area contributed by atoms with Gasteiger partial charge in [0.15, 0.2) is 5.96 Å². The van der Waals surface area contributed by atoms with E-state index in [1.165, 1.54) is 16.6 Å². The standard InChI is InChI=1S/C19H22N4O.HI/c1-13-16(17-8-3-4-9-18(17)22-13)10-11-21-19(20)23-14-6-5-7-15(12-14)24-2;/h3-9,12,22H,10-11H2,1-2H3,(H3,20,21,23);1H. The molecule has 4 N–H and O–H groups in total. The lowest BCUT2D eigenvalue weighted by Gasteiger charge is -2.07. The van der Waals surface area contributed by atoms with E-state index < -0.39 is 0 Å². The predicted molar refractivity (Wildman–Crippen MR) is 115 cm³/mol. The van der Waals surface area contributed by atoms with E-state index in [1.807, 2.05) is 30.3 Å². The van der Waals surface area contributed by atoms with Crippen molar-refractivity contribution in [3.05, 3.63) is 59.8 Å². The average molecular weight is 450 g/mol. The largest absolute Gasteiger partial charge is 0.497 e. The first kappa shape index (κ1) is 19.1.